The number of halogens is 1. The molecule has 0 bridgehead atoms. The van der Waals surface area contributed by atoms with Crippen molar-refractivity contribution in [1.82, 2.24) is 4.98 Å². The number of thiophene rings is 1. The molecular formula is C12H12INO2S. The molecule has 0 saturated heterocycles. The Hall–Kier alpha value is -0.660. The molecule has 0 aliphatic carbocycles. The molecule has 1 unspecified atom stereocenters. The van der Waals surface area contributed by atoms with E-state index in [0.29, 0.717) is 12.4 Å². The number of aliphatic hydroxyl groups excluding tert-OH is 1. The first-order valence-corrected chi connectivity index (χ1v) is 7.16. The maximum atomic E-state index is 10.2. The lowest BCUT2D eigenvalue weighted by molar-refractivity contribution is 0.219. The summed E-state index contributed by atoms with van der Waals surface area (Å²) in [5.74, 6) is 0.689. The topological polar surface area (TPSA) is 42.4 Å². The minimum Gasteiger partial charge on any atom is -0.492 e. The molecular weight excluding hydrogens is 349 g/mol. The summed E-state index contributed by atoms with van der Waals surface area (Å²) in [6, 6.07) is 3.80. The normalized spacial score (nSPS) is 12.4. The number of ether oxygens (including phenoxy) is 1. The van der Waals surface area contributed by atoms with E-state index in [9.17, 15) is 5.11 Å². The van der Waals surface area contributed by atoms with Crippen LogP contribution >= 0.6 is 33.9 Å². The zero-order valence-corrected chi connectivity index (χ0v) is 12.2. The second kappa shape index (κ2) is 5.79. The largest absolute Gasteiger partial charge is 0.492 e. The van der Waals surface area contributed by atoms with E-state index in [1.807, 2.05) is 24.4 Å². The monoisotopic (exact) mass is 361 g/mol. The molecule has 2 aromatic rings. The molecule has 2 aromatic heterocycles. The fourth-order valence-electron chi connectivity index (χ4n) is 1.49. The van der Waals surface area contributed by atoms with Crippen molar-refractivity contribution in [3.05, 3.63) is 43.9 Å². The van der Waals surface area contributed by atoms with Crippen LogP contribution in [0.25, 0.3) is 0 Å². The average Bonchev–Trinajstić information content (AvgIpc) is 2.76. The molecule has 5 heteroatoms. The summed E-state index contributed by atoms with van der Waals surface area (Å²) in [6.45, 7) is 2.52. The summed E-state index contributed by atoms with van der Waals surface area (Å²) < 4.78 is 6.52. The first-order chi connectivity index (χ1) is 8.20. The van der Waals surface area contributed by atoms with Crippen LogP contribution < -0.4 is 4.74 Å². The van der Waals surface area contributed by atoms with Crippen LogP contribution in [-0.4, -0.2) is 16.7 Å². The number of hydrogen-bond acceptors (Lipinski definition) is 4. The second-order valence-electron chi connectivity index (χ2n) is 3.47. The molecule has 1 atom stereocenters. The number of aliphatic hydroxyl groups is 1. The van der Waals surface area contributed by atoms with Gasteiger partial charge in [0.05, 0.1) is 15.7 Å². The molecule has 2 heterocycles. The minimum absolute atomic E-state index is 0.595. The van der Waals surface area contributed by atoms with Gasteiger partial charge in [-0.1, -0.05) is 0 Å². The SMILES string of the molecule is CCOc1cncc(C(O)c2csc(I)c2)c1. The Bertz CT molecular complexity index is 501. The lowest BCUT2D eigenvalue weighted by Crippen LogP contribution is -2.00. The van der Waals surface area contributed by atoms with Gasteiger partial charge in [0.2, 0.25) is 0 Å². The molecule has 0 aliphatic heterocycles. The van der Waals surface area contributed by atoms with E-state index >= 15 is 0 Å². The molecule has 17 heavy (non-hydrogen) atoms. The third-order valence-corrected chi connectivity index (χ3v) is 4.07. The Labute approximate surface area is 118 Å². The van der Waals surface area contributed by atoms with Crippen LogP contribution in [0.5, 0.6) is 5.75 Å². The van der Waals surface area contributed by atoms with E-state index in [1.54, 1.807) is 23.7 Å². The van der Waals surface area contributed by atoms with Crippen molar-refractivity contribution < 1.29 is 9.84 Å². The summed E-state index contributed by atoms with van der Waals surface area (Å²) in [5.41, 5.74) is 1.65. The standard InChI is InChI=1S/C12H12INO2S/c1-2-16-10-3-8(5-14-6-10)12(15)9-4-11(13)17-7-9/h3-7,12,15H,2H2,1H3. The predicted octanol–water partition coefficient (Wildman–Crippen LogP) is 3.23. The van der Waals surface area contributed by atoms with E-state index < -0.39 is 6.10 Å². The molecule has 1 N–H and O–H groups in total. The van der Waals surface area contributed by atoms with Crippen LogP contribution in [0.15, 0.2) is 29.9 Å². The number of hydrogen-bond donors (Lipinski definition) is 1. The summed E-state index contributed by atoms with van der Waals surface area (Å²) in [7, 11) is 0. The van der Waals surface area contributed by atoms with Gasteiger partial charge in [-0.15, -0.1) is 11.3 Å². The molecule has 3 nitrogen and oxygen atoms in total. The van der Waals surface area contributed by atoms with Crippen molar-refractivity contribution in [2.24, 2.45) is 0 Å². The van der Waals surface area contributed by atoms with Crippen molar-refractivity contribution in [3.63, 3.8) is 0 Å². The molecule has 0 radical (unpaired) electrons. The fraction of sp³-hybridized carbons (Fsp3) is 0.250. The van der Waals surface area contributed by atoms with Gasteiger partial charge in [0.25, 0.3) is 0 Å². The Morgan fingerprint density at radius 3 is 2.88 bits per heavy atom. The Kier molecular flexibility index (Phi) is 4.36. The highest BCUT2D eigenvalue weighted by Gasteiger charge is 2.13. The molecule has 0 spiro atoms. The van der Waals surface area contributed by atoms with E-state index in [1.165, 1.54) is 0 Å². The molecule has 0 amide bonds. The highest BCUT2D eigenvalue weighted by Crippen LogP contribution is 2.28. The van der Waals surface area contributed by atoms with Crippen molar-refractivity contribution in [2.45, 2.75) is 13.0 Å². The maximum Gasteiger partial charge on any atom is 0.137 e. The summed E-state index contributed by atoms with van der Waals surface area (Å²) in [4.78, 5) is 4.07. The van der Waals surface area contributed by atoms with E-state index in [4.69, 9.17) is 4.74 Å². The zero-order chi connectivity index (χ0) is 12.3. The molecule has 0 fully saturated rings. The molecule has 2 rings (SSSR count). The quantitative estimate of drug-likeness (QED) is 0.851. The Balaban J connectivity index is 2.24. The van der Waals surface area contributed by atoms with Crippen LogP contribution in [0.1, 0.15) is 24.2 Å². The van der Waals surface area contributed by atoms with Gasteiger partial charge in [0.15, 0.2) is 0 Å². The van der Waals surface area contributed by atoms with Crippen LogP contribution in [0.3, 0.4) is 0 Å². The van der Waals surface area contributed by atoms with E-state index in [2.05, 4.69) is 27.6 Å². The summed E-state index contributed by atoms with van der Waals surface area (Å²) in [6.07, 6.45) is 2.68. The minimum atomic E-state index is -0.636. The van der Waals surface area contributed by atoms with Gasteiger partial charge < -0.3 is 9.84 Å². The summed E-state index contributed by atoms with van der Waals surface area (Å²) >= 11 is 3.86. The van der Waals surface area contributed by atoms with Crippen molar-refractivity contribution in [1.29, 1.82) is 0 Å². The smallest absolute Gasteiger partial charge is 0.137 e. The van der Waals surface area contributed by atoms with Gasteiger partial charge in [-0.25, -0.2) is 0 Å². The average molecular weight is 361 g/mol. The highest BCUT2D eigenvalue weighted by atomic mass is 127. The Morgan fingerprint density at radius 1 is 1.41 bits per heavy atom. The molecule has 0 aromatic carbocycles. The first-order valence-electron chi connectivity index (χ1n) is 5.20. The molecule has 90 valence electrons. The Morgan fingerprint density at radius 2 is 2.24 bits per heavy atom. The van der Waals surface area contributed by atoms with Crippen molar-refractivity contribution >= 4 is 33.9 Å². The van der Waals surface area contributed by atoms with E-state index in [0.717, 1.165) is 14.0 Å². The van der Waals surface area contributed by atoms with Crippen LogP contribution in [0.2, 0.25) is 0 Å². The number of pyridine rings is 1. The second-order valence-corrected chi connectivity index (χ2v) is 6.28. The highest BCUT2D eigenvalue weighted by molar-refractivity contribution is 14.1. The van der Waals surface area contributed by atoms with Gasteiger partial charge >= 0.3 is 0 Å². The van der Waals surface area contributed by atoms with Crippen molar-refractivity contribution in [2.75, 3.05) is 6.61 Å². The number of aromatic nitrogens is 1. The van der Waals surface area contributed by atoms with Crippen molar-refractivity contribution in [3.8, 4) is 5.75 Å². The molecule has 0 saturated carbocycles. The number of nitrogens with zero attached hydrogens (tertiary/aromatic N) is 1. The maximum absolute atomic E-state index is 10.2. The van der Waals surface area contributed by atoms with Gasteiger partial charge in [0.1, 0.15) is 11.9 Å². The fourth-order valence-corrected chi connectivity index (χ4v) is 2.88. The lowest BCUT2D eigenvalue weighted by atomic mass is 10.1. The van der Waals surface area contributed by atoms with Gasteiger partial charge in [-0.3, -0.25) is 4.98 Å². The van der Waals surface area contributed by atoms with E-state index in [-0.39, 0.29) is 0 Å². The van der Waals surface area contributed by atoms with Crippen LogP contribution in [0, 0.1) is 2.88 Å². The number of rotatable bonds is 4. The third kappa shape index (κ3) is 3.17. The first kappa shape index (κ1) is 12.8. The van der Waals surface area contributed by atoms with Crippen LogP contribution in [-0.2, 0) is 0 Å². The van der Waals surface area contributed by atoms with Gasteiger partial charge in [0, 0.05) is 11.8 Å². The van der Waals surface area contributed by atoms with Gasteiger partial charge in [-0.05, 0) is 52.6 Å². The lowest BCUT2D eigenvalue weighted by Gasteiger charge is -2.10. The van der Waals surface area contributed by atoms with Gasteiger partial charge in [-0.2, -0.15) is 0 Å². The third-order valence-electron chi connectivity index (χ3n) is 2.26. The summed E-state index contributed by atoms with van der Waals surface area (Å²) in [5, 5.41) is 12.2. The van der Waals surface area contributed by atoms with Crippen LogP contribution in [0.4, 0.5) is 0 Å². The predicted molar refractivity (Wildman–Crippen MR) is 76.5 cm³/mol. The zero-order valence-electron chi connectivity index (χ0n) is 9.26. The molecule has 0 aliphatic rings.